The van der Waals surface area contributed by atoms with E-state index >= 15 is 0 Å². The summed E-state index contributed by atoms with van der Waals surface area (Å²) in [5.41, 5.74) is 0.611. The number of aryl methyl sites for hydroxylation is 1. The molecule has 2 aromatic carbocycles. The lowest BCUT2D eigenvalue weighted by Gasteiger charge is -2.19. The van der Waals surface area contributed by atoms with E-state index in [1.807, 2.05) is 25.1 Å². The van der Waals surface area contributed by atoms with Gasteiger partial charge in [-0.05, 0) is 61.2 Å². The Morgan fingerprint density at radius 1 is 1.16 bits per heavy atom. The minimum Gasteiger partial charge on any atom is -0.494 e. The lowest BCUT2D eigenvalue weighted by Crippen LogP contribution is -2.31. The molecule has 3 rings (SSSR count). The first kappa shape index (κ1) is 22.8. The molecule has 0 spiro atoms. The fourth-order valence-corrected chi connectivity index (χ4v) is 3.43. The maximum Gasteiger partial charge on any atom is 0.271 e. The van der Waals surface area contributed by atoms with Crippen LogP contribution < -0.4 is 10.3 Å². The highest BCUT2D eigenvalue weighted by molar-refractivity contribution is 6.03. The van der Waals surface area contributed by atoms with Crippen molar-refractivity contribution in [1.82, 2.24) is 4.57 Å². The third-order valence-corrected chi connectivity index (χ3v) is 5.31. The molecule has 0 aliphatic carbocycles. The Hall–Kier alpha value is -3.92. The van der Waals surface area contributed by atoms with E-state index in [0.29, 0.717) is 11.3 Å². The number of nitrogens with zero attached hydrogens (tertiary/aromatic N) is 2. The number of aromatic hydroxyl groups is 1. The van der Waals surface area contributed by atoms with Crippen LogP contribution in [0.1, 0.15) is 46.5 Å². The van der Waals surface area contributed by atoms with Gasteiger partial charge >= 0.3 is 0 Å². The summed E-state index contributed by atoms with van der Waals surface area (Å²) >= 11 is 0. The molecule has 32 heavy (non-hydrogen) atoms. The molecule has 0 saturated heterocycles. The van der Waals surface area contributed by atoms with E-state index in [2.05, 4.69) is 0 Å². The Bertz CT molecular complexity index is 1240. The van der Waals surface area contributed by atoms with Crippen LogP contribution >= 0.6 is 0 Å². The van der Waals surface area contributed by atoms with Gasteiger partial charge in [-0.25, -0.2) is 4.39 Å². The number of benzene rings is 2. The molecule has 6 nitrogen and oxygen atoms in total. The number of carbonyl (C=O) groups excluding carboxylic acids is 1. The summed E-state index contributed by atoms with van der Waals surface area (Å²) in [5.74, 6) is -1.08. The van der Waals surface area contributed by atoms with E-state index in [4.69, 9.17) is 4.74 Å². The minimum atomic E-state index is -0.976. The number of carbonyl (C=O) groups is 1. The fraction of sp³-hybridized carbons (Fsp3) is 0.240. The highest BCUT2D eigenvalue weighted by Gasteiger charge is 2.28. The Balaban J connectivity index is 2.00. The van der Waals surface area contributed by atoms with Gasteiger partial charge in [0.05, 0.1) is 12.1 Å². The SMILES string of the molecule is CCc1ccc(OC(C)C(=O)c2c(C)c(C#N)c(=O)n(Cc3ccc(F)cc3)c2O)cc1. The first-order chi connectivity index (χ1) is 15.3. The zero-order chi connectivity index (χ0) is 23.4. The van der Waals surface area contributed by atoms with Crippen LogP contribution in [0, 0.1) is 24.1 Å². The summed E-state index contributed by atoms with van der Waals surface area (Å²) in [6.45, 7) is 4.88. The summed E-state index contributed by atoms with van der Waals surface area (Å²) < 4.78 is 19.9. The summed E-state index contributed by atoms with van der Waals surface area (Å²) in [6.07, 6.45) is -0.107. The highest BCUT2D eigenvalue weighted by atomic mass is 19.1. The molecule has 1 aromatic heterocycles. The van der Waals surface area contributed by atoms with E-state index in [9.17, 15) is 24.3 Å². The molecule has 0 aliphatic rings. The number of pyridine rings is 1. The molecule has 1 N–H and O–H groups in total. The summed E-state index contributed by atoms with van der Waals surface area (Å²) in [7, 11) is 0. The maximum absolute atomic E-state index is 13.2. The van der Waals surface area contributed by atoms with Gasteiger partial charge in [0.1, 0.15) is 23.2 Å². The number of Topliss-reactive ketones (excluding diaryl/α,β-unsaturated/α-hetero) is 1. The van der Waals surface area contributed by atoms with E-state index in [-0.39, 0.29) is 23.2 Å². The van der Waals surface area contributed by atoms with Crippen molar-refractivity contribution in [3.8, 4) is 17.7 Å². The fourth-order valence-electron chi connectivity index (χ4n) is 3.43. The second-order valence-corrected chi connectivity index (χ2v) is 7.45. The molecule has 0 radical (unpaired) electrons. The quantitative estimate of drug-likeness (QED) is 0.565. The summed E-state index contributed by atoms with van der Waals surface area (Å²) in [5, 5.41) is 20.4. The van der Waals surface area contributed by atoms with Crippen LogP contribution in [0.5, 0.6) is 11.6 Å². The van der Waals surface area contributed by atoms with E-state index < -0.39 is 29.1 Å². The van der Waals surface area contributed by atoms with Crippen molar-refractivity contribution >= 4 is 5.78 Å². The number of rotatable bonds is 7. The molecular weight excluding hydrogens is 411 g/mol. The van der Waals surface area contributed by atoms with Crippen molar-refractivity contribution in [2.45, 2.75) is 39.8 Å². The Morgan fingerprint density at radius 2 is 1.75 bits per heavy atom. The van der Waals surface area contributed by atoms with Crippen molar-refractivity contribution in [2.75, 3.05) is 0 Å². The first-order valence-electron chi connectivity index (χ1n) is 10.2. The van der Waals surface area contributed by atoms with Crippen LogP contribution in [0.3, 0.4) is 0 Å². The molecule has 0 fully saturated rings. The number of hydrogen-bond donors (Lipinski definition) is 1. The minimum absolute atomic E-state index is 0.0899. The van der Waals surface area contributed by atoms with Gasteiger partial charge in [0.15, 0.2) is 6.10 Å². The van der Waals surface area contributed by atoms with Gasteiger partial charge < -0.3 is 9.84 Å². The predicted molar refractivity (Wildman–Crippen MR) is 118 cm³/mol. The average Bonchev–Trinajstić information content (AvgIpc) is 2.78. The number of hydrogen-bond acceptors (Lipinski definition) is 5. The third kappa shape index (κ3) is 4.54. The molecule has 1 atom stereocenters. The van der Waals surface area contributed by atoms with Gasteiger partial charge in [0.25, 0.3) is 5.56 Å². The standard InChI is InChI=1S/C25H23FN2O4/c1-4-17-7-11-20(12-8-17)32-16(3)23(29)22-15(2)21(13-27)24(30)28(25(22)31)14-18-5-9-19(26)10-6-18/h5-12,16,31H,4,14H2,1-3H3. The second-order valence-electron chi connectivity index (χ2n) is 7.45. The number of aromatic nitrogens is 1. The zero-order valence-corrected chi connectivity index (χ0v) is 18.1. The molecule has 1 unspecified atom stereocenters. The van der Waals surface area contributed by atoms with E-state index in [1.165, 1.54) is 38.1 Å². The van der Waals surface area contributed by atoms with Crippen LogP contribution in [-0.2, 0) is 13.0 Å². The normalized spacial score (nSPS) is 11.6. The maximum atomic E-state index is 13.2. The smallest absolute Gasteiger partial charge is 0.271 e. The van der Waals surface area contributed by atoms with Crippen molar-refractivity contribution < 1.29 is 19.0 Å². The van der Waals surface area contributed by atoms with Crippen molar-refractivity contribution in [2.24, 2.45) is 0 Å². The second kappa shape index (κ2) is 9.48. The lowest BCUT2D eigenvalue weighted by molar-refractivity contribution is 0.0812. The predicted octanol–water partition coefficient (Wildman–Crippen LogP) is 4.13. The Labute approximate surface area is 185 Å². The van der Waals surface area contributed by atoms with Crippen LogP contribution in [0.25, 0.3) is 0 Å². The van der Waals surface area contributed by atoms with Crippen molar-refractivity contribution in [1.29, 1.82) is 5.26 Å². The van der Waals surface area contributed by atoms with Gasteiger partial charge in [0, 0.05) is 0 Å². The number of nitriles is 1. The summed E-state index contributed by atoms with van der Waals surface area (Å²) in [6, 6.07) is 14.5. The molecule has 3 aromatic rings. The topological polar surface area (TPSA) is 92.3 Å². The highest BCUT2D eigenvalue weighted by Crippen LogP contribution is 2.26. The largest absolute Gasteiger partial charge is 0.494 e. The number of ether oxygens (including phenoxy) is 1. The molecule has 1 heterocycles. The molecule has 0 aliphatic heterocycles. The van der Waals surface area contributed by atoms with Gasteiger partial charge in [-0.3, -0.25) is 14.2 Å². The number of halogens is 1. The van der Waals surface area contributed by atoms with Crippen molar-refractivity contribution in [3.63, 3.8) is 0 Å². The zero-order valence-electron chi connectivity index (χ0n) is 18.1. The first-order valence-corrected chi connectivity index (χ1v) is 10.2. The van der Waals surface area contributed by atoms with Gasteiger partial charge in [-0.1, -0.05) is 31.2 Å². The molecule has 0 saturated carbocycles. The van der Waals surface area contributed by atoms with Crippen LogP contribution in [0.4, 0.5) is 4.39 Å². The van der Waals surface area contributed by atoms with Gasteiger partial charge in [-0.2, -0.15) is 5.26 Å². The van der Waals surface area contributed by atoms with Crippen LogP contribution in [0.2, 0.25) is 0 Å². The Morgan fingerprint density at radius 3 is 2.31 bits per heavy atom. The average molecular weight is 434 g/mol. The molecule has 0 bridgehead atoms. The van der Waals surface area contributed by atoms with Gasteiger partial charge in [0.2, 0.25) is 11.7 Å². The van der Waals surface area contributed by atoms with E-state index in [0.717, 1.165) is 16.6 Å². The third-order valence-electron chi connectivity index (χ3n) is 5.31. The summed E-state index contributed by atoms with van der Waals surface area (Å²) in [4.78, 5) is 26.0. The monoisotopic (exact) mass is 434 g/mol. The van der Waals surface area contributed by atoms with E-state index in [1.54, 1.807) is 12.1 Å². The molecular formula is C25H23FN2O4. The molecule has 0 amide bonds. The molecule has 7 heteroatoms. The Kier molecular flexibility index (Phi) is 6.74. The number of ketones is 1. The van der Waals surface area contributed by atoms with Crippen LogP contribution in [-0.4, -0.2) is 21.6 Å². The van der Waals surface area contributed by atoms with Gasteiger partial charge in [-0.15, -0.1) is 0 Å². The molecule has 164 valence electrons. The van der Waals surface area contributed by atoms with Crippen LogP contribution in [0.15, 0.2) is 53.3 Å². The lowest BCUT2D eigenvalue weighted by atomic mass is 9.99. The van der Waals surface area contributed by atoms with Crippen molar-refractivity contribution in [3.05, 3.63) is 92.5 Å².